The molecule has 3 nitrogen and oxygen atoms in total. The molecule has 1 aliphatic rings. The van der Waals surface area contributed by atoms with Gasteiger partial charge in [-0.05, 0) is 32.6 Å². The van der Waals surface area contributed by atoms with Crippen LogP contribution in [0.3, 0.4) is 0 Å². The molecule has 0 saturated carbocycles. The standard InChI is InChI=1S/C9H18N2O/c1-3-9(2)6-4-5-7-11(9)8(10)12/h3-7H2,1-2H3,(H2,10,12). The maximum Gasteiger partial charge on any atom is 0.315 e. The predicted molar refractivity (Wildman–Crippen MR) is 48.8 cm³/mol. The summed E-state index contributed by atoms with van der Waals surface area (Å²) in [5.74, 6) is 0. The van der Waals surface area contributed by atoms with Crippen LogP contribution in [0.5, 0.6) is 0 Å². The van der Waals surface area contributed by atoms with Gasteiger partial charge in [-0.1, -0.05) is 6.92 Å². The highest BCUT2D eigenvalue weighted by molar-refractivity contribution is 5.73. The van der Waals surface area contributed by atoms with Crippen molar-refractivity contribution in [1.82, 2.24) is 4.90 Å². The topological polar surface area (TPSA) is 46.3 Å². The largest absolute Gasteiger partial charge is 0.351 e. The lowest BCUT2D eigenvalue weighted by molar-refractivity contribution is 0.0918. The first-order valence-corrected chi connectivity index (χ1v) is 4.67. The molecule has 1 rings (SSSR count). The highest BCUT2D eigenvalue weighted by Gasteiger charge is 2.34. The van der Waals surface area contributed by atoms with Gasteiger partial charge in [0.2, 0.25) is 0 Å². The van der Waals surface area contributed by atoms with Gasteiger partial charge in [0.1, 0.15) is 0 Å². The minimum atomic E-state index is -0.265. The molecule has 0 spiro atoms. The van der Waals surface area contributed by atoms with Crippen molar-refractivity contribution in [2.24, 2.45) is 5.73 Å². The Balaban J connectivity index is 2.73. The summed E-state index contributed by atoms with van der Waals surface area (Å²) in [5, 5.41) is 0. The number of piperidine rings is 1. The molecule has 0 aliphatic carbocycles. The number of rotatable bonds is 1. The molecule has 1 fully saturated rings. The van der Waals surface area contributed by atoms with E-state index in [0.29, 0.717) is 0 Å². The van der Waals surface area contributed by atoms with E-state index in [1.807, 2.05) is 4.90 Å². The van der Waals surface area contributed by atoms with Crippen LogP contribution in [0.4, 0.5) is 4.79 Å². The van der Waals surface area contributed by atoms with Crippen molar-refractivity contribution in [3.8, 4) is 0 Å². The number of nitrogens with zero attached hydrogens (tertiary/aromatic N) is 1. The molecule has 1 unspecified atom stereocenters. The van der Waals surface area contributed by atoms with Crippen molar-refractivity contribution in [1.29, 1.82) is 0 Å². The number of likely N-dealkylation sites (tertiary alicyclic amines) is 1. The molecule has 3 heteroatoms. The summed E-state index contributed by atoms with van der Waals surface area (Å²) in [7, 11) is 0. The van der Waals surface area contributed by atoms with Gasteiger partial charge in [-0.2, -0.15) is 0 Å². The molecule has 0 aromatic heterocycles. The molecule has 70 valence electrons. The van der Waals surface area contributed by atoms with Gasteiger partial charge in [-0.25, -0.2) is 4.79 Å². The van der Waals surface area contributed by atoms with Crippen LogP contribution in [0.25, 0.3) is 0 Å². The fourth-order valence-electron chi connectivity index (χ4n) is 1.92. The Labute approximate surface area is 73.9 Å². The van der Waals surface area contributed by atoms with E-state index in [-0.39, 0.29) is 11.6 Å². The van der Waals surface area contributed by atoms with E-state index < -0.39 is 0 Å². The number of amides is 2. The highest BCUT2D eigenvalue weighted by Crippen LogP contribution is 2.30. The fraction of sp³-hybridized carbons (Fsp3) is 0.889. The van der Waals surface area contributed by atoms with Gasteiger partial charge in [0.05, 0.1) is 0 Å². The highest BCUT2D eigenvalue weighted by atomic mass is 16.2. The van der Waals surface area contributed by atoms with Crippen LogP contribution >= 0.6 is 0 Å². The molecule has 1 aliphatic heterocycles. The fourth-order valence-corrected chi connectivity index (χ4v) is 1.92. The lowest BCUT2D eigenvalue weighted by Gasteiger charge is -2.43. The first kappa shape index (κ1) is 9.36. The number of hydrogen-bond donors (Lipinski definition) is 1. The van der Waals surface area contributed by atoms with Crippen LogP contribution in [-0.4, -0.2) is 23.0 Å². The van der Waals surface area contributed by atoms with Gasteiger partial charge in [0.15, 0.2) is 0 Å². The van der Waals surface area contributed by atoms with E-state index in [4.69, 9.17) is 5.73 Å². The van der Waals surface area contributed by atoms with E-state index in [0.717, 1.165) is 25.8 Å². The molecule has 1 heterocycles. The van der Waals surface area contributed by atoms with Crippen molar-refractivity contribution in [2.75, 3.05) is 6.54 Å². The lowest BCUT2D eigenvalue weighted by atomic mass is 9.86. The number of carbonyl (C=O) groups excluding carboxylic acids is 1. The zero-order valence-electron chi connectivity index (χ0n) is 7.97. The van der Waals surface area contributed by atoms with Gasteiger partial charge < -0.3 is 10.6 Å². The number of carbonyl (C=O) groups is 1. The molecule has 0 radical (unpaired) electrons. The van der Waals surface area contributed by atoms with Gasteiger partial charge in [-0.15, -0.1) is 0 Å². The van der Waals surface area contributed by atoms with E-state index >= 15 is 0 Å². The quantitative estimate of drug-likeness (QED) is 0.640. The molecule has 0 aromatic rings. The third-order valence-corrected chi connectivity index (χ3v) is 3.03. The van der Waals surface area contributed by atoms with Crippen LogP contribution in [0.1, 0.15) is 39.5 Å². The number of primary amides is 1. The Morgan fingerprint density at radius 3 is 2.67 bits per heavy atom. The van der Waals surface area contributed by atoms with Crippen molar-refractivity contribution >= 4 is 6.03 Å². The summed E-state index contributed by atoms with van der Waals surface area (Å²) in [6.07, 6.45) is 4.40. The minimum absolute atomic E-state index is 0.0179. The van der Waals surface area contributed by atoms with Crippen molar-refractivity contribution in [3.63, 3.8) is 0 Å². The molecular formula is C9H18N2O. The van der Waals surface area contributed by atoms with Gasteiger partial charge >= 0.3 is 6.03 Å². The summed E-state index contributed by atoms with van der Waals surface area (Å²) in [6.45, 7) is 5.07. The average Bonchev–Trinajstić information content (AvgIpc) is 2.05. The van der Waals surface area contributed by atoms with Crippen LogP contribution in [0.2, 0.25) is 0 Å². The predicted octanol–water partition coefficient (Wildman–Crippen LogP) is 1.72. The zero-order valence-corrected chi connectivity index (χ0v) is 7.97. The van der Waals surface area contributed by atoms with Crippen LogP contribution in [-0.2, 0) is 0 Å². The lowest BCUT2D eigenvalue weighted by Crippen LogP contribution is -2.54. The number of urea groups is 1. The Morgan fingerprint density at radius 1 is 1.58 bits per heavy atom. The van der Waals surface area contributed by atoms with E-state index in [1.54, 1.807) is 0 Å². The Bertz CT molecular complexity index is 181. The van der Waals surface area contributed by atoms with E-state index in [9.17, 15) is 4.79 Å². The normalized spacial score (nSPS) is 30.3. The molecule has 1 saturated heterocycles. The van der Waals surface area contributed by atoms with Crippen LogP contribution < -0.4 is 5.73 Å². The van der Waals surface area contributed by atoms with E-state index in [1.165, 1.54) is 6.42 Å². The second-order valence-corrected chi connectivity index (χ2v) is 3.80. The van der Waals surface area contributed by atoms with Crippen LogP contribution in [0, 0.1) is 0 Å². The summed E-state index contributed by atoms with van der Waals surface area (Å²) in [5.41, 5.74) is 5.32. The van der Waals surface area contributed by atoms with Crippen molar-refractivity contribution in [2.45, 2.75) is 45.1 Å². The van der Waals surface area contributed by atoms with Gasteiger partial charge in [0.25, 0.3) is 0 Å². The molecular weight excluding hydrogens is 152 g/mol. The second kappa shape index (κ2) is 3.33. The summed E-state index contributed by atoms with van der Waals surface area (Å²) < 4.78 is 0. The smallest absolute Gasteiger partial charge is 0.315 e. The molecule has 1 atom stereocenters. The van der Waals surface area contributed by atoms with Crippen molar-refractivity contribution < 1.29 is 4.79 Å². The minimum Gasteiger partial charge on any atom is -0.351 e. The third kappa shape index (κ3) is 1.54. The molecule has 2 amide bonds. The molecule has 12 heavy (non-hydrogen) atoms. The maximum absolute atomic E-state index is 11.1. The number of hydrogen-bond acceptors (Lipinski definition) is 1. The first-order chi connectivity index (χ1) is 5.60. The zero-order chi connectivity index (χ0) is 9.19. The Morgan fingerprint density at radius 2 is 2.25 bits per heavy atom. The van der Waals surface area contributed by atoms with Crippen molar-refractivity contribution in [3.05, 3.63) is 0 Å². The van der Waals surface area contributed by atoms with Gasteiger partial charge in [-0.3, -0.25) is 0 Å². The Hall–Kier alpha value is -0.730. The second-order valence-electron chi connectivity index (χ2n) is 3.80. The average molecular weight is 170 g/mol. The van der Waals surface area contributed by atoms with Crippen LogP contribution in [0.15, 0.2) is 0 Å². The first-order valence-electron chi connectivity index (χ1n) is 4.67. The summed E-state index contributed by atoms with van der Waals surface area (Å²) in [4.78, 5) is 12.9. The van der Waals surface area contributed by atoms with E-state index in [2.05, 4.69) is 13.8 Å². The third-order valence-electron chi connectivity index (χ3n) is 3.03. The monoisotopic (exact) mass is 170 g/mol. The maximum atomic E-state index is 11.1. The molecule has 0 bridgehead atoms. The molecule has 2 N–H and O–H groups in total. The summed E-state index contributed by atoms with van der Waals surface area (Å²) in [6, 6.07) is -0.265. The van der Waals surface area contributed by atoms with Gasteiger partial charge in [0, 0.05) is 12.1 Å². The number of nitrogens with two attached hydrogens (primary N) is 1. The molecule has 0 aromatic carbocycles. The summed E-state index contributed by atoms with van der Waals surface area (Å²) >= 11 is 0. The SMILES string of the molecule is CCC1(C)CCCCN1C(N)=O. The Kier molecular flexibility index (Phi) is 2.60.